The highest BCUT2D eigenvalue weighted by Gasteiger charge is 2.31. The fraction of sp³-hybridized carbons (Fsp3) is 0.314. The molecule has 14 nitrogen and oxygen atoms in total. The van der Waals surface area contributed by atoms with Crippen LogP contribution in [0.1, 0.15) is 22.5 Å². The predicted molar refractivity (Wildman–Crippen MR) is 275 cm³/mol. The molecule has 0 aliphatic carbocycles. The number of nitro groups is 1. The molecule has 8 rings (SSSR count). The summed E-state index contributed by atoms with van der Waals surface area (Å²) in [6.07, 6.45) is 0.730. The number of anilines is 4. The van der Waals surface area contributed by atoms with Crippen LogP contribution in [0, 0.1) is 17.0 Å². The van der Waals surface area contributed by atoms with Crippen LogP contribution >= 0.6 is 23.4 Å². The van der Waals surface area contributed by atoms with Crippen molar-refractivity contribution in [3.05, 3.63) is 148 Å². The molecule has 1 atom stereocenters. The van der Waals surface area contributed by atoms with E-state index >= 15 is 0 Å². The summed E-state index contributed by atoms with van der Waals surface area (Å²) in [5, 5.41) is 16.3. The summed E-state index contributed by atoms with van der Waals surface area (Å²) in [6, 6.07) is 37.2. The number of halogens is 1. The molecule has 2 fully saturated rings. The number of morpholine rings is 1. The van der Waals surface area contributed by atoms with Gasteiger partial charge < -0.3 is 34.2 Å². The van der Waals surface area contributed by atoms with Crippen LogP contribution in [0.5, 0.6) is 0 Å². The number of nitrogens with one attached hydrogen (secondary N) is 2. The lowest BCUT2D eigenvalue weighted by atomic mass is 9.95. The summed E-state index contributed by atoms with van der Waals surface area (Å²) in [5.41, 5.74) is 7.63. The van der Waals surface area contributed by atoms with Crippen molar-refractivity contribution >= 4 is 67.7 Å². The Kier molecular flexibility index (Phi) is 15.3. The molecule has 0 radical (unpaired) electrons. The number of carbonyl (C=O) groups is 1. The second kappa shape index (κ2) is 21.5. The third kappa shape index (κ3) is 11.3. The number of hydrogen-bond acceptors (Lipinski definition) is 11. The van der Waals surface area contributed by atoms with Crippen LogP contribution in [0.25, 0.3) is 22.4 Å². The van der Waals surface area contributed by atoms with E-state index in [2.05, 4.69) is 47.5 Å². The molecule has 0 spiro atoms. The van der Waals surface area contributed by atoms with Crippen molar-refractivity contribution in [2.45, 2.75) is 29.2 Å². The smallest absolute Gasteiger partial charge is 0.293 e. The van der Waals surface area contributed by atoms with Gasteiger partial charge in [0.1, 0.15) is 5.69 Å². The van der Waals surface area contributed by atoms with Crippen LogP contribution in [-0.4, -0.2) is 119 Å². The third-order valence-electron chi connectivity index (χ3n) is 12.5. The lowest BCUT2D eigenvalue weighted by Gasteiger charge is -2.37. The predicted octanol–water partition coefficient (Wildman–Crippen LogP) is 9.35. The Morgan fingerprint density at radius 2 is 1.51 bits per heavy atom. The molecule has 5 aromatic carbocycles. The van der Waals surface area contributed by atoms with Crippen molar-refractivity contribution in [3.63, 3.8) is 0 Å². The molecule has 2 aliphatic heterocycles. The number of aromatic nitrogens is 1. The Labute approximate surface area is 408 Å². The molecule has 0 unspecified atom stereocenters. The van der Waals surface area contributed by atoms with Crippen molar-refractivity contribution in [3.8, 4) is 22.4 Å². The average Bonchev–Trinajstić information content (AvgIpc) is 3.61. The molecule has 1 amide bonds. The number of amides is 1. The largest absolute Gasteiger partial charge is 0.378 e. The van der Waals surface area contributed by atoms with Crippen LogP contribution in [0.2, 0.25) is 5.02 Å². The molecule has 0 saturated carbocycles. The minimum absolute atomic E-state index is 0.00498. The first-order chi connectivity index (χ1) is 32.8. The van der Waals surface area contributed by atoms with Gasteiger partial charge >= 0.3 is 0 Å². The summed E-state index contributed by atoms with van der Waals surface area (Å²) < 4.78 is 37.6. The molecule has 2 aliphatic rings. The molecular formula is C51H57ClN8O6S2. The lowest BCUT2D eigenvalue weighted by Crippen LogP contribution is -2.46. The van der Waals surface area contributed by atoms with Crippen molar-refractivity contribution in [2.24, 2.45) is 7.05 Å². The summed E-state index contributed by atoms with van der Waals surface area (Å²) in [7, 11) is 1.80. The van der Waals surface area contributed by atoms with Gasteiger partial charge in [0, 0.05) is 102 Å². The highest BCUT2D eigenvalue weighted by molar-refractivity contribution is 7.99. The van der Waals surface area contributed by atoms with E-state index in [9.17, 15) is 23.3 Å². The fourth-order valence-electron chi connectivity index (χ4n) is 8.75. The molecular weight excluding hydrogens is 920 g/mol. The molecule has 2 N–H and O–H groups in total. The number of piperazine rings is 1. The zero-order valence-electron chi connectivity index (χ0n) is 38.7. The maximum absolute atomic E-state index is 14.3. The topological polar surface area (TPSA) is 146 Å². The first kappa shape index (κ1) is 48.4. The highest BCUT2D eigenvalue weighted by Crippen LogP contribution is 2.41. The van der Waals surface area contributed by atoms with Gasteiger partial charge in [-0.1, -0.05) is 54.1 Å². The highest BCUT2D eigenvalue weighted by atomic mass is 35.5. The number of ether oxygens (including phenoxy) is 1. The zero-order valence-corrected chi connectivity index (χ0v) is 41.1. The van der Waals surface area contributed by atoms with Crippen molar-refractivity contribution in [1.29, 1.82) is 0 Å². The van der Waals surface area contributed by atoms with E-state index in [1.54, 1.807) is 23.9 Å². The Morgan fingerprint density at radius 1 is 0.838 bits per heavy atom. The van der Waals surface area contributed by atoms with Gasteiger partial charge in [0.05, 0.1) is 34.3 Å². The van der Waals surface area contributed by atoms with Gasteiger partial charge in [-0.3, -0.25) is 19.6 Å². The third-order valence-corrected chi connectivity index (χ3v) is 15.3. The van der Waals surface area contributed by atoms with E-state index in [1.807, 2.05) is 106 Å². The Hall–Kier alpha value is -6.04. The summed E-state index contributed by atoms with van der Waals surface area (Å²) in [4.78, 5) is 35.5. The first-order valence-corrected chi connectivity index (χ1v) is 25.5. The minimum Gasteiger partial charge on any atom is -0.378 e. The Bertz CT molecular complexity index is 2830. The number of rotatable bonds is 17. The molecule has 68 heavy (non-hydrogen) atoms. The molecule has 356 valence electrons. The number of thioether (sulfide) groups is 1. The zero-order chi connectivity index (χ0) is 48.0. The standard InChI is InChI=1S/C51H57ClN8O6S2/c1-36-48(51(61)59-29-31-66-32-30-59)49(50(56(36)4)37-13-15-39(52)16-14-37)38-9-8-10-43(33-38)58-27-25-57(26-28-58)42-19-17-40(18-20-42)54-68(64,65)45-21-22-46(47(34-45)60(62)63)53-41(23-24-55(2)3)35-67-44-11-6-5-7-12-44/h5-22,33-34,41,53-54H,23-32,35H2,1-4H3/t41-/m1/s1. The molecule has 2 saturated heterocycles. The van der Waals surface area contributed by atoms with Crippen molar-refractivity contribution in [2.75, 3.05) is 98.7 Å². The van der Waals surface area contributed by atoms with Gasteiger partial charge in [0.2, 0.25) is 0 Å². The Morgan fingerprint density at radius 3 is 2.18 bits per heavy atom. The normalized spacial score (nSPS) is 14.8. The summed E-state index contributed by atoms with van der Waals surface area (Å²) in [5.74, 6) is 0.661. The molecule has 0 bridgehead atoms. The van der Waals surface area contributed by atoms with E-state index in [-0.39, 0.29) is 28.2 Å². The number of carbonyl (C=O) groups excluding carboxylic acids is 1. The van der Waals surface area contributed by atoms with E-state index in [4.69, 9.17) is 16.3 Å². The Balaban J connectivity index is 0.941. The number of nitro benzene ring substituents is 1. The molecule has 17 heteroatoms. The van der Waals surface area contributed by atoms with Gasteiger partial charge in [-0.05, 0) is 118 Å². The monoisotopic (exact) mass is 976 g/mol. The summed E-state index contributed by atoms with van der Waals surface area (Å²) >= 11 is 7.97. The summed E-state index contributed by atoms with van der Waals surface area (Å²) in [6.45, 7) is 7.80. The van der Waals surface area contributed by atoms with Gasteiger partial charge in [-0.15, -0.1) is 11.8 Å². The lowest BCUT2D eigenvalue weighted by molar-refractivity contribution is -0.384. The van der Waals surface area contributed by atoms with Crippen LogP contribution in [0.15, 0.2) is 131 Å². The number of hydrogen-bond donors (Lipinski definition) is 2. The van der Waals surface area contributed by atoms with E-state index < -0.39 is 14.9 Å². The number of nitrogens with zero attached hydrogens (tertiary/aromatic N) is 6. The average molecular weight is 978 g/mol. The van der Waals surface area contributed by atoms with Crippen LogP contribution in [0.4, 0.5) is 28.4 Å². The maximum atomic E-state index is 14.3. The number of benzene rings is 5. The van der Waals surface area contributed by atoms with Gasteiger partial charge in [-0.2, -0.15) is 0 Å². The van der Waals surface area contributed by atoms with Crippen LogP contribution < -0.4 is 19.8 Å². The minimum atomic E-state index is -4.16. The second-order valence-corrected chi connectivity index (χ2v) is 20.5. The van der Waals surface area contributed by atoms with Gasteiger partial charge in [0.15, 0.2) is 0 Å². The molecule has 6 aromatic rings. The molecule has 1 aromatic heterocycles. The SMILES string of the molecule is Cc1c(C(=O)N2CCOCC2)c(-c2cccc(N3CCN(c4ccc(NS(=O)(=O)c5ccc(N[C@H](CCN(C)C)CSc6ccccc6)c([N+](=O)[O-])c5)cc4)CC3)c2)c(-c2ccc(Cl)cc2)n1C. The quantitative estimate of drug-likeness (QED) is 0.0513. The van der Waals surface area contributed by atoms with Crippen molar-refractivity contribution < 1.29 is 22.9 Å². The second-order valence-electron chi connectivity index (χ2n) is 17.3. The van der Waals surface area contributed by atoms with Gasteiger partial charge in [0.25, 0.3) is 21.6 Å². The first-order valence-electron chi connectivity index (χ1n) is 22.7. The maximum Gasteiger partial charge on any atom is 0.293 e. The number of sulfonamides is 1. The van der Waals surface area contributed by atoms with E-state index in [0.29, 0.717) is 48.3 Å². The molecule has 3 heterocycles. The van der Waals surface area contributed by atoms with Crippen molar-refractivity contribution in [1.82, 2.24) is 14.4 Å². The van der Waals surface area contributed by atoms with Crippen LogP contribution in [0.3, 0.4) is 0 Å². The van der Waals surface area contributed by atoms with E-state index in [1.165, 1.54) is 12.1 Å². The van der Waals surface area contributed by atoms with Gasteiger partial charge in [-0.25, -0.2) is 8.42 Å². The fourth-order valence-corrected chi connectivity index (χ4v) is 10.9. The van der Waals surface area contributed by atoms with E-state index in [0.717, 1.165) is 89.6 Å². The van der Waals surface area contributed by atoms with Crippen LogP contribution in [-0.2, 0) is 21.8 Å².